The van der Waals surface area contributed by atoms with Crippen molar-refractivity contribution in [2.75, 3.05) is 6.54 Å². The highest BCUT2D eigenvalue weighted by molar-refractivity contribution is 5.94. The van der Waals surface area contributed by atoms with Gasteiger partial charge in [0, 0.05) is 17.8 Å². The first kappa shape index (κ1) is 16.4. The summed E-state index contributed by atoms with van der Waals surface area (Å²) < 4.78 is 7.80. The average molecular weight is 361 g/mol. The summed E-state index contributed by atoms with van der Waals surface area (Å²) in [5.74, 6) is 1.82. The Bertz CT molecular complexity index is 986. The Labute approximate surface area is 158 Å². The minimum absolute atomic E-state index is 0.0186. The predicted octanol–water partition coefficient (Wildman–Crippen LogP) is 4.24. The molecule has 3 aromatic rings. The first-order valence-electron chi connectivity index (χ1n) is 9.76. The highest BCUT2D eigenvalue weighted by Crippen LogP contribution is 2.36. The lowest BCUT2D eigenvalue weighted by Crippen LogP contribution is -2.31. The third kappa shape index (κ3) is 2.69. The quantitative estimate of drug-likeness (QED) is 0.701. The van der Waals surface area contributed by atoms with Crippen LogP contribution >= 0.6 is 0 Å². The van der Waals surface area contributed by atoms with Crippen LogP contribution in [0.5, 0.6) is 0 Å². The molecule has 27 heavy (non-hydrogen) atoms. The molecule has 1 fully saturated rings. The fourth-order valence-corrected chi connectivity index (χ4v) is 4.47. The van der Waals surface area contributed by atoms with Crippen LogP contribution in [0.3, 0.4) is 0 Å². The van der Waals surface area contributed by atoms with Gasteiger partial charge in [0.05, 0.1) is 11.7 Å². The van der Waals surface area contributed by atoms with Crippen LogP contribution in [0.25, 0.3) is 5.69 Å². The van der Waals surface area contributed by atoms with Gasteiger partial charge in [0.15, 0.2) is 5.69 Å². The number of carbonyl (C=O) groups excluding carboxylic acids is 1. The molecular formula is C22H23N3O2. The molecule has 0 N–H and O–H groups in total. The number of para-hydroxylation sites is 1. The molecule has 0 radical (unpaired) electrons. The van der Waals surface area contributed by atoms with Crippen LogP contribution in [-0.4, -0.2) is 27.1 Å². The Balaban J connectivity index is 1.52. The van der Waals surface area contributed by atoms with E-state index in [2.05, 4.69) is 0 Å². The number of hydrogen-bond acceptors (Lipinski definition) is 3. The van der Waals surface area contributed by atoms with Crippen LogP contribution in [0.4, 0.5) is 0 Å². The van der Waals surface area contributed by atoms with Crippen LogP contribution in [0.1, 0.15) is 58.6 Å². The number of likely N-dealkylation sites (tertiary alicyclic amines) is 1. The molecule has 1 unspecified atom stereocenters. The number of nitrogens with zero attached hydrogens (tertiary/aromatic N) is 3. The molecule has 1 aliphatic heterocycles. The first-order chi connectivity index (χ1) is 13.2. The van der Waals surface area contributed by atoms with Gasteiger partial charge in [-0.3, -0.25) is 4.79 Å². The summed E-state index contributed by atoms with van der Waals surface area (Å²) in [7, 11) is 0. The molecule has 0 bridgehead atoms. The number of aromatic nitrogens is 2. The topological polar surface area (TPSA) is 51.3 Å². The van der Waals surface area contributed by atoms with E-state index < -0.39 is 0 Å². The normalized spacial score (nSPS) is 18.9. The first-order valence-corrected chi connectivity index (χ1v) is 9.76. The SMILES string of the molecule is Cc1ccc(C2CCCN2C(=O)c2nn(-c3ccccc3)c3c2CCC3)o1. The predicted molar refractivity (Wildman–Crippen MR) is 102 cm³/mol. The highest BCUT2D eigenvalue weighted by Gasteiger charge is 2.36. The van der Waals surface area contributed by atoms with Gasteiger partial charge in [-0.2, -0.15) is 5.10 Å². The van der Waals surface area contributed by atoms with E-state index in [1.165, 1.54) is 5.69 Å². The Morgan fingerprint density at radius 3 is 2.74 bits per heavy atom. The molecule has 5 rings (SSSR count). The molecule has 138 valence electrons. The fraction of sp³-hybridized carbons (Fsp3) is 0.364. The van der Waals surface area contributed by atoms with E-state index in [1.807, 2.05) is 59.0 Å². The number of carbonyl (C=O) groups is 1. The smallest absolute Gasteiger partial charge is 0.275 e. The van der Waals surface area contributed by atoms with Crippen molar-refractivity contribution >= 4 is 5.91 Å². The number of furan rings is 1. The number of rotatable bonds is 3. The zero-order valence-corrected chi connectivity index (χ0v) is 15.5. The van der Waals surface area contributed by atoms with E-state index in [0.717, 1.165) is 61.4 Å². The maximum Gasteiger partial charge on any atom is 0.275 e. The zero-order chi connectivity index (χ0) is 18.4. The number of hydrogen-bond donors (Lipinski definition) is 0. The molecule has 5 heteroatoms. The molecule has 1 aromatic carbocycles. The summed E-state index contributed by atoms with van der Waals surface area (Å²) in [6.07, 6.45) is 4.94. The van der Waals surface area contributed by atoms with E-state index in [0.29, 0.717) is 5.69 Å². The van der Waals surface area contributed by atoms with Crippen LogP contribution in [0, 0.1) is 6.92 Å². The van der Waals surface area contributed by atoms with E-state index >= 15 is 0 Å². The Morgan fingerprint density at radius 2 is 1.96 bits per heavy atom. The van der Waals surface area contributed by atoms with Crippen molar-refractivity contribution in [3.05, 3.63) is 70.9 Å². The van der Waals surface area contributed by atoms with Crippen LogP contribution in [-0.2, 0) is 12.8 Å². The zero-order valence-electron chi connectivity index (χ0n) is 15.5. The summed E-state index contributed by atoms with van der Waals surface area (Å²) in [4.78, 5) is 15.4. The number of benzene rings is 1. The second kappa shape index (κ2) is 6.41. The lowest BCUT2D eigenvalue weighted by atomic mass is 10.1. The second-order valence-corrected chi connectivity index (χ2v) is 7.48. The molecule has 0 spiro atoms. The van der Waals surface area contributed by atoms with Gasteiger partial charge in [0.1, 0.15) is 11.5 Å². The summed E-state index contributed by atoms with van der Waals surface area (Å²) in [6.45, 7) is 2.70. The van der Waals surface area contributed by atoms with Crippen molar-refractivity contribution in [3.8, 4) is 5.69 Å². The summed E-state index contributed by atoms with van der Waals surface area (Å²) in [5.41, 5.74) is 3.97. The van der Waals surface area contributed by atoms with Gasteiger partial charge in [-0.15, -0.1) is 0 Å². The van der Waals surface area contributed by atoms with E-state index in [1.54, 1.807) is 0 Å². The van der Waals surface area contributed by atoms with Crippen LogP contribution in [0.15, 0.2) is 46.9 Å². The van der Waals surface area contributed by atoms with Gasteiger partial charge in [-0.25, -0.2) is 4.68 Å². The summed E-state index contributed by atoms with van der Waals surface area (Å²) in [5, 5.41) is 4.77. The minimum atomic E-state index is 0.0186. The minimum Gasteiger partial charge on any atom is -0.464 e. The molecule has 1 saturated heterocycles. The fourth-order valence-electron chi connectivity index (χ4n) is 4.47. The van der Waals surface area contributed by atoms with Crippen molar-refractivity contribution in [2.45, 2.75) is 45.1 Å². The van der Waals surface area contributed by atoms with Crippen molar-refractivity contribution < 1.29 is 9.21 Å². The lowest BCUT2D eigenvalue weighted by Gasteiger charge is -2.22. The molecule has 1 atom stereocenters. The Morgan fingerprint density at radius 1 is 1.11 bits per heavy atom. The van der Waals surface area contributed by atoms with E-state index in [9.17, 15) is 4.79 Å². The van der Waals surface area contributed by atoms with Gasteiger partial charge in [0.2, 0.25) is 0 Å². The van der Waals surface area contributed by atoms with Gasteiger partial charge < -0.3 is 9.32 Å². The Hall–Kier alpha value is -2.82. The monoisotopic (exact) mass is 361 g/mol. The maximum atomic E-state index is 13.5. The maximum absolute atomic E-state index is 13.5. The van der Waals surface area contributed by atoms with Gasteiger partial charge in [0.25, 0.3) is 5.91 Å². The van der Waals surface area contributed by atoms with Crippen molar-refractivity contribution in [1.82, 2.24) is 14.7 Å². The van der Waals surface area contributed by atoms with Crippen LogP contribution in [0.2, 0.25) is 0 Å². The average Bonchev–Trinajstić information content (AvgIpc) is 3.45. The molecule has 0 saturated carbocycles. The van der Waals surface area contributed by atoms with Crippen molar-refractivity contribution in [3.63, 3.8) is 0 Å². The van der Waals surface area contributed by atoms with Crippen LogP contribution < -0.4 is 0 Å². The molecule has 2 aromatic heterocycles. The molecule has 1 aliphatic carbocycles. The molecule has 3 heterocycles. The van der Waals surface area contributed by atoms with Gasteiger partial charge in [-0.1, -0.05) is 18.2 Å². The third-order valence-corrected chi connectivity index (χ3v) is 5.74. The van der Waals surface area contributed by atoms with E-state index in [4.69, 9.17) is 9.52 Å². The largest absolute Gasteiger partial charge is 0.464 e. The van der Waals surface area contributed by atoms with Crippen molar-refractivity contribution in [1.29, 1.82) is 0 Å². The third-order valence-electron chi connectivity index (χ3n) is 5.74. The molecule has 2 aliphatic rings. The van der Waals surface area contributed by atoms with Gasteiger partial charge in [-0.05, 0) is 63.3 Å². The Kier molecular flexibility index (Phi) is 3.88. The molecule has 5 nitrogen and oxygen atoms in total. The van der Waals surface area contributed by atoms with Gasteiger partial charge >= 0.3 is 0 Å². The summed E-state index contributed by atoms with van der Waals surface area (Å²) in [6, 6.07) is 14.1. The number of fused-ring (bicyclic) bond motifs is 1. The summed E-state index contributed by atoms with van der Waals surface area (Å²) >= 11 is 0. The standard InChI is InChI=1S/C22H23N3O2/c1-15-12-13-20(27-15)19-11-6-14-24(19)22(26)21-17-9-5-10-18(17)25(23-21)16-7-3-2-4-8-16/h2-4,7-8,12-13,19H,5-6,9-11,14H2,1H3. The highest BCUT2D eigenvalue weighted by atomic mass is 16.3. The second-order valence-electron chi connectivity index (χ2n) is 7.48. The molecule has 1 amide bonds. The number of amides is 1. The lowest BCUT2D eigenvalue weighted by molar-refractivity contribution is 0.0711. The number of aryl methyl sites for hydroxylation is 1. The molecular weight excluding hydrogens is 338 g/mol. The van der Waals surface area contributed by atoms with E-state index in [-0.39, 0.29) is 11.9 Å². The van der Waals surface area contributed by atoms with Crippen molar-refractivity contribution in [2.24, 2.45) is 0 Å².